The summed E-state index contributed by atoms with van der Waals surface area (Å²) in [5.74, 6) is 0. The summed E-state index contributed by atoms with van der Waals surface area (Å²) in [6.45, 7) is 15.1. The molecule has 0 aliphatic carbocycles. The van der Waals surface area contributed by atoms with Gasteiger partial charge in [0, 0.05) is 0 Å². The Labute approximate surface area is 117 Å². The highest BCUT2D eigenvalue weighted by atomic mass is 32.1. The molecule has 2 heterocycles. The van der Waals surface area contributed by atoms with Crippen LogP contribution in [0.1, 0.15) is 80.1 Å². The van der Waals surface area contributed by atoms with E-state index in [9.17, 15) is 0 Å². The maximum Gasteiger partial charge on any atom is -0.0136 e. The molecule has 0 unspecified atom stereocenters. The summed E-state index contributed by atoms with van der Waals surface area (Å²) < 4.78 is 0. The van der Waals surface area contributed by atoms with Gasteiger partial charge in [-0.1, -0.05) is 69.6 Å². The van der Waals surface area contributed by atoms with Crippen LogP contribution in [0.2, 0.25) is 0 Å². The minimum atomic E-state index is 0.171. The molecule has 2 fully saturated rings. The standard InChI is InChI=1S/C16H32P2/c1-15(2,3)18(16(4,5)6)17-13-9-7-10-14(17)12-8-11-13/h13-14H,7-12H2,1-6H3. The maximum absolute atomic E-state index is 2.52. The molecular weight excluding hydrogens is 254 g/mol. The smallest absolute Gasteiger partial charge is 0.0136 e. The molecule has 18 heavy (non-hydrogen) atoms. The van der Waals surface area contributed by atoms with Gasteiger partial charge < -0.3 is 0 Å². The Morgan fingerprint density at radius 1 is 0.722 bits per heavy atom. The van der Waals surface area contributed by atoms with Crippen LogP contribution in [0, 0.1) is 0 Å². The molecule has 0 nitrogen and oxygen atoms in total. The Bertz CT molecular complexity index is 248. The van der Waals surface area contributed by atoms with Crippen molar-refractivity contribution < 1.29 is 0 Å². The van der Waals surface area contributed by atoms with Crippen LogP contribution >= 0.6 is 15.2 Å². The quantitative estimate of drug-likeness (QED) is 0.478. The van der Waals surface area contributed by atoms with Gasteiger partial charge in [0.25, 0.3) is 0 Å². The van der Waals surface area contributed by atoms with Gasteiger partial charge >= 0.3 is 0 Å². The molecule has 0 aromatic carbocycles. The first-order valence-corrected chi connectivity index (χ1v) is 11.3. The topological polar surface area (TPSA) is 0 Å². The number of fused-ring (bicyclic) bond motifs is 2. The molecule has 0 amide bonds. The molecule has 0 spiro atoms. The molecule has 0 saturated carbocycles. The third-order valence-electron chi connectivity index (χ3n) is 4.40. The Balaban J connectivity index is 2.30. The lowest BCUT2D eigenvalue weighted by Gasteiger charge is -2.55. The molecule has 2 saturated heterocycles. The summed E-state index contributed by atoms with van der Waals surface area (Å²) in [5.41, 5.74) is 2.27. The Hall–Kier alpha value is 0.860. The predicted molar refractivity (Wildman–Crippen MR) is 88.6 cm³/mol. The molecule has 0 radical (unpaired) electrons. The summed E-state index contributed by atoms with van der Waals surface area (Å²) in [4.78, 5) is 0. The SMILES string of the molecule is CC(C)(C)P(P1C2CCCC1CCC2)C(C)(C)C. The van der Waals surface area contributed by atoms with Crippen LogP contribution in [0.3, 0.4) is 0 Å². The van der Waals surface area contributed by atoms with E-state index >= 15 is 0 Å². The van der Waals surface area contributed by atoms with Crippen LogP contribution in [0.15, 0.2) is 0 Å². The van der Waals surface area contributed by atoms with Crippen LogP contribution in [0.4, 0.5) is 0 Å². The van der Waals surface area contributed by atoms with Crippen LogP contribution < -0.4 is 0 Å². The van der Waals surface area contributed by atoms with Crippen molar-refractivity contribution >= 4 is 15.2 Å². The van der Waals surface area contributed by atoms with Crippen molar-refractivity contribution in [3.05, 3.63) is 0 Å². The van der Waals surface area contributed by atoms with Crippen molar-refractivity contribution in [1.29, 1.82) is 0 Å². The molecule has 0 atom stereocenters. The molecule has 0 N–H and O–H groups in total. The lowest BCUT2D eigenvalue weighted by molar-refractivity contribution is 0.480. The summed E-state index contributed by atoms with van der Waals surface area (Å²) in [5, 5.41) is 1.09. The molecule has 2 heteroatoms. The van der Waals surface area contributed by atoms with E-state index in [0.717, 1.165) is 11.3 Å². The van der Waals surface area contributed by atoms with Gasteiger partial charge in [-0.2, -0.15) is 0 Å². The highest BCUT2D eigenvalue weighted by Gasteiger charge is 2.48. The van der Waals surface area contributed by atoms with Gasteiger partial charge in [-0.05, 0) is 47.3 Å². The third kappa shape index (κ3) is 3.12. The van der Waals surface area contributed by atoms with Crippen molar-refractivity contribution in [2.45, 2.75) is 102 Å². The van der Waals surface area contributed by atoms with Gasteiger partial charge in [0.2, 0.25) is 0 Å². The van der Waals surface area contributed by atoms with Gasteiger partial charge in [-0.25, -0.2) is 0 Å². The van der Waals surface area contributed by atoms with Crippen molar-refractivity contribution in [2.75, 3.05) is 0 Å². The first kappa shape index (κ1) is 15.3. The number of hydrogen-bond acceptors (Lipinski definition) is 0. The zero-order valence-corrected chi connectivity index (χ0v) is 15.1. The summed E-state index contributed by atoms with van der Waals surface area (Å²) in [6.07, 6.45) is 9.32. The van der Waals surface area contributed by atoms with Gasteiger partial charge in [0.1, 0.15) is 0 Å². The Morgan fingerprint density at radius 3 is 1.33 bits per heavy atom. The van der Waals surface area contributed by atoms with E-state index in [1.54, 1.807) is 25.7 Å². The number of hydrogen-bond donors (Lipinski definition) is 0. The van der Waals surface area contributed by atoms with E-state index in [2.05, 4.69) is 41.5 Å². The maximum atomic E-state index is 2.52. The van der Waals surface area contributed by atoms with E-state index in [1.165, 1.54) is 12.8 Å². The zero-order valence-electron chi connectivity index (χ0n) is 13.3. The van der Waals surface area contributed by atoms with E-state index in [4.69, 9.17) is 0 Å². The minimum Gasteiger partial charge on any atom is -0.0736 e. The lowest BCUT2D eigenvalue weighted by Crippen LogP contribution is -2.33. The molecule has 2 rings (SSSR count). The molecule has 0 aromatic heterocycles. The van der Waals surface area contributed by atoms with Crippen molar-refractivity contribution in [1.82, 2.24) is 0 Å². The Kier molecular flexibility index (Phi) is 4.52. The van der Waals surface area contributed by atoms with Gasteiger partial charge in [0.05, 0.1) is 0 Å². The first-order chi connectivity index (χ1) is 8.21. The van der Waals surface area contributed by atoms with Crippen LogP contribution in [-0.4, -0.2) is 21.6 Å². The fourth-order valence-corrected chi connectivity index (χ4v) is 18.3. The first-order valence-electron chi connectivity index (χ1n) is 7.80. The van der Waals surface area contributed by atoms with E-state index in [-0.39, 0.29) is 7.61 Å². The molecular formula is C16H32P2. The molecule has 2 bridgehead atoms. The van der Waals surface area contributed by atoms with Crippen molar-refractivity contribution in [2.24, 2.45) is 0 Å². The van der Waals surface area contributed by atoms with E-state index in [1.807, 2.05) is 0 Å². The predicted octanol–water partition coefficient (Wildman–Crippen LogP) is 6.57. The Morgan fingerprint density at radius 2 is 1.06 bits per heavy atom. The summed E-state index contributed by atoms with van der Waals surface area (Å²) >= 11 is 0. The van der Waals surface area contributed by atoms with Crippen molar-refractivity contribution in [3.8, 4) is 0 Å². The lowest BCUT2D eigenvalue weighted by atomic mass is 9.99. The number of rotatable bonds is 1. The second kappa shape index (κ2) is 5.33. The highest BCUT2D eigenvalue weighted by molar-refractivity contribution is 8.31. The zero-order chi connectivity index (χ0) is 13.6. The van der Waals surface area contributed by atoms with Gasteiger partial charge in [-0.15, -0.1) is 0 Å². The van der Waals surface area contributed by atoms with Crippen molar-refractivity contribution in [3.63, 3.8) is 0 Å². The molecule has 0 aromatic rings. The second-order valence-electron chi connectivity index (χ2n) is 8.20. The fourth-order valence-electron chi connectivity index (χ4n) is 4.32. The monoisotopic (exact) mass is 286 g/mol. The largest absolute Gasteiger partial charge is 0.0736 e. The fraction of sp³-hybridized carbons (Fsp3) is 1.00. The molecule has 2 aliphatic heterocycles. The van der Waals surface area contributed by atoms with Gasteiger partial charge in [-0.3, -0.25) is 0 Å². The average molecular weight is 286 g/mol. The highest BCUT2D eigenvalue weighted by Crippen LogP contribution is 2.87. The van der Waals surface area contributed by atoms with Crippen LogP contribution in [0.25, 0.3) is 0 Å². The summed E-state index contributed by atoms with van der Waals surface area (Å²) in [6, 6.07) is 0. The van der Waals surface area contributed by atoms with E-state index in [0.29, 0.717) is 17.9 Å². The van der Waals surface area contributed by atoms with Crippen LogP contribution in [-0.2, 0) is 0 Å². The third-order valence-corrected chi connectivity index (χ3v) is 16.9. The normalized spacial score (nSPS) is 33.8. The molecule has 2 aliphatic rings. The second-order valence-corrected chi connectivity index (χ2v) is 16.3. The van der Waals surface area contributed by atoms with E-state index < -0.39 is 0 Å². The molecule has 106 valence electrons. The summed E-state index contributed by atoms with van der Waals surface area (Å²) in [7, 11) is 0.486. The average Bonchev–Trinajstić information content (AvgIpc) is 2.11. The van der Waals surface area contributed by atoms with Crippen LogP contribution in [0.5, 0.6) is 0 Å². The van der Waals surface area contributed by atoms with Gasteiger partial charge in [0.15, 0.2) is 0 Å². The minimum absolute atomic E-state index is 0.171.